The molecule has 0 aliphatic heterocycles. The molecule has 0 atom stereocenters. The van der Waals surface area contributed by atoms with Crippen LogP contribution in [0.25, 0.3) is 51.2 Å². The van der Waals surface area contributed by atoms with Crippen molar-refractivity contribution in [1.29, 1.82) is 0 Å². The van der Waals surface area contributed by atoms with Crippen LogP contribution in [0, 0.1) is 80.8 Å². The Morgan fingerprint density at radius 3 is 0.710 bits per heavy atom. The number of para-hydroxylation sites is 2. The quantitative estimate of drug-likeness (QED) is 0.0891. The van der Waals surface area contributed by atoms with Crippen LogP contribution in [-0.4, -0.2) is 102 Å². The Kier molecular flexibility index (Phi) is 35.9. The zero-order valence-electron chi connectivity index (χ0n) is 50.6. The molecule has 69 heavy (non-hydrogen) atoms. The average Bonchev–Trinajstić information content (AvgIpc) is 3.36. The van der Waals surface area contributed by atoms with Gasteiger partial charge in [0.1, 0.15) is 11.2 Å². The van der Waals surface area contributed by atoms with Crippen LogP contribution in [0.5, 0.6) is 0 Å². The number of hydrogen-bond donors (Lipinski definition) is 0. The summed E-state index contributed by atoms with van der Waals surface area (Å²) in [5.41, 5.74) is 3.46. The van der Waals surface area contributed by atoms with Crippen molar-refractivity contribution in [2.45, 2.75) is 237 Å². The summed E-state index contributed by atoms with van der Waals surface area (Å²) in [7, 11) is -8.85. The van der Waals surface area contributed by atoms with Crippen LogP contribution in [0.15, 0.2) is 50.8 Å². The Morgan fingerprint density at radius 1 is 0.362 bits per heavy atom. The van der Waals surface area contributed by atoms with Crippen molar-refractivity contribution in [3.8, 4) is 0 Å². The Bertz CT molecular complexity index is 1720. The fourth-order valence-electron chi connectivity index (χ4n) is 7.52. The normalized spacial score (nSPS) is 13.3. The van der Waals surface area contributed by atoms with Gasteiger partial charge in [-0.3, -0.25) is 0 Å². The molecular weight excluding hydrogens is 1250 g/mol. The van der Waals surface area contributed by atoms with E-state index in [0.29, 0.717) is 0 Å². The fraction of sp³-hybridized carbons (Fsp3) is 0.720. The van der Waals surface area contributed by atoms with E-state index in [4.69, 9.17) is 43.6 Å². The van der Waals surface area contributed by atoms with E-state index in [-0.39, 0.29) is 105 Å². The molecule has 3 rings (SSSR count). The van der Waals surface area contributed by atoms with Gasteiger partial charge in [0.25, 0.3) is 0 Å². The number of hydrogen-bond acceptors (Lipinski definition) is 3. The molecule has 2 radical (unpaired) electrons. The fourth-order valence-corrected chi connectivity index (χ4v) is 39.7. The largest absolute Gasteiger partial charge is 3.00 e. The van der Waals surface area contributed by atoms with Crippen molar-refractivity contribution in [1.82, 2.24) is 0 Å². The molecule has 2 aromatic carbocycles. The van der Waals surface area contributed by atoms with E-state index in [2.05, 4.69) is 225 Å². The molecule has 0 saturated heterocycles. The van der Waals surface area contributed by atoms with Gasteiger partial charge in [-0.25, -0.2) is 0 Å². The minimum atomic E-state index is -1.11. The number of furan rings is 1. The summed E-state index contributed by atoms with van der Waals surface area (Å²) in [5.74, 6) is 1.47. The van der Waals surface area contributed by atoms with Gasteiger partial charge in [0.05, 0.1) is 0 Å². The van der Waals surface area contributed by atoms with E-state index in [1.807, 2.05) is 24.3 Å². The van der Waals surface area contributed by atoms with Crippen LogP contribution in [0.3, 0.4) is 0 Å². The Hall–Kier alpha value is 1.43. The van der Waals surface area contributed by atoms with Crippen molar-refractivity contribution >= 4 is 99.5 Å². The molecule has 0 bridgehead atoms. The van der Waals surface area contributed by atoms with Gasteiger partial charge in [-0.05, 0) is 24.2 Å². The molecule has 0 spiro atoms. The number of rotatable bonds is 14. The summed E-state index contributed by atoms with van der Waals surface area (Å²) in [6.07, 6.45) is 0. The SMILES string of the molecule is CC(C)N=C([N-]C(C)C)c1cccc2c1oc1c(C(=NC(C)C)[N-]C(C)C)cccc12.C[Si](C)(C)[N-][Si](C)(C)C.C[Si](C)(C)[N-][Si](C)(C)C.C[Si](C)(C)[N-][Si](C)(C)C.C[Si](C)(C)[N-][Si](C)(C)C.[Sm+3].[Sm+3]. The third-order valence-electron chi connectivity index (χ3n) is 7.21. The molecule has 9 nitrogen and oxygen atoms in total. The Labute approximate surface area is 501 Å². The van der Waals surface area contributed by atoms with E-state index in [0.717, 1.165) is 44.7 Å². The third-order valence-corrected chi connectivity index (χ3v) is 28.7. The summed E-state index contributed by atoms with van der Waals surface area (Å²) < 4.78 is 25.8. The predicted molar refractivity (Wildman–Crippen MR) is 334 cm³/mol. The molecule has 0 aliphatic carbocycles. The summed E-state index contributed by atoms with van der Waals surface area (Å²) in [5, 5.41) is 11.7. The topological polar surface area (TPSA) is 122 Å². The molecule has 0 saturated carbocycles. The van der Waals surface area contributed by atoms with E-state index < -0.39 is 65.9 Å². The van der Waals surface area contributed by atoms with Gasteiger partial charge in [-0.1, -0.05) is 326 Å². The van der Waals surface area contributed by atoms with Crippen LogP contribution in [0.2, 0.25) is 157 Å². The second-order valence-corrected chi connectivity index (χ2v) is 65.1. The Morgan fingerprint density at radius 2 is 0.565 bits per heavy atom. The Balaban J connectivity index is -0.000000456. The minimum absolute atomic E-state index is 0. The van der Waals surface area contributed by atoms with Crippen molar-refractivity contribution in [2.75, 3.05) is 0 Å². The smallest absolute Gasteiger partial charge is 0.668 e. The standard InChI is InChI=1S/C26H34N4O.4C6H18NSi2.2Sm/c1-15(2)27-25(28-16(3)4)21-13-9-11-19-20-12-10-14-22(24(20)31-23(19)21)26(29-17(5)6)30-18(7)8;4*1-8(2,3)7-9(4,5)6;;/h9-18H,1-8H3;4*1-6H3;;/q-2;4*-1;2*+3. The first-order valence-electron chi connectivity index (χ1n) is 25.0. The first-order chi connectivity index (χ1) is 29.5. The minimum Gasteiger partial charge on any atom is -0.668 e. The van der Waals surface area contributed by atoms with Crippen LogP contribution in [0.1, 0.15) is 66.5 Å². The molecule has 0 unspecified atom stereocenters. The summed E-state index contributed by atoms with van der Waals surface area (Å²) >= 11 is 0. The van der Waals surface area contributed by atoms with E-state index >= 15 is 0 Å². The van der Waals surface area contributed by atoms with Crippen molar-refractivity contribution in [3.63, 3.8) is 0 Å². The van der Waals surface area contributed by atoms with Crippen molar-refractivity contribution < 1.29 is 85.2 Å². The molecule has 0 fully saturated rings. The van der Waals surface area contributed by atoms with Crippen LogP contribution in [0.4, 0.5) is 0 Å². The van der Waals surface area contributed by atoms with Crippen LogP contribution < -0.4 is 0 Å². The van der Waals surface area contributed by atoms with Crippen molar-refractivity contribution in [3.05, 3.63) is 76.8 Å². The van der Waals surface area contributed by atoms with Crippen molar-refractivity contribution in [2.24, 2.45) is 9.98 Å². The van der Waals surface area contributed by atoms with Crippen LogP contribution in [-0.2, 0) is 0 Å². The van der Waals surface area contributed by atoms with Gasteiger partial charge in [0, 0.05) is 21.9 Å². The summed E-state index contributed by atoms with van der Waals surface area (Å²) in [6, 6.07) is 12.9. The summed E-state index contributed by atoms with van der Waals surface area (Å²) in [6.45, 7) is 71.6. The van der Waals surface area contributed by atoms with Gasteiger partial charge in [-0.15, -0.1) is 0 Å². The second-order valence-electron chi connectivity index (χ2n) is 26.8. The number of amidine groups is 2. The van der Waals surface area contributed by atoms with Gasteiger partial charge < -0.3 is 43.6 Å². The van der Waals surface area contributed by atoms with Gasteiger partial charge in [0.15, 0.2) is 0 Å². The van der Waals surface area contributed by atoms with E-state index in [1.165, 1.54) is 0 Å². The maximum Gasteiger partial charge on any atom is 3.00 e. The molecule has 19 heteroatoms. The molecule has 0 N–H and O–H groups in total. The molecule has 396 valence electrons. The number of fused-ring (bicyclic) bond motifs is 3. The van der Waals surface area contributed by atoms with Gasteiger partial charge in [-0.2, -0.15) is 0 Å². The zero-order valence-corrected chi connectivity index (χ0v) is 63.8. The molecule has 3 aromatic rings. The van der Waals surface area contributed by atoms with E-state index in [9.17, 15) is 0 Å². The maximum absolute atomic E-state index is 6.52. The van der Waals surface area contributed by atoms with Crippen LogP contribution >= 0.6 is 0 Å². The monoisotopic (exact) mass is 1360 g/mol. The average molecular weight is 1360 g/mol. The molecular formula is C50H106N8OSi8Sm2. The zero-order chi connectivity index (χ0) is 53.5. The van der Waals surface area contributed by atoms with Gasteiger partial charge in [0.2, 0.25) is 0 Å². The first kappa shape index (κ1) is 76.9. The summed E-state index contributed by atoms with van der Waals surface area (Å²) in [4.78, 5) is 9.58. The van der Waals surface area contributed by atoms with Gasteiger partial charge >= 0.3 is 80.8 Å². The molecule has 1 aromatic heterocycles. The second kappa shape index (κ2) is 32.2. The molecule has 0 amide bonds. The number of nitrogens with zero attached hydrogens (tertiary/aromatic N) is 8. The maximum atomic E-state index is 6.52. The number of aliphatic imine (C=N–C) groups is 2. The number of benzene rings is 2. The predicted octanol–water partition coefficient (Wildman–Crippen LogP) is 19.6. The molecule has 1 heterocycles. The first-order valence-corrected chi connectivity index (χ1v) is 52.6. The molecule has 0 aliphatic rings. The third kappa shape index (κ3) is 43.3. The van der Waals surface area contributed by atoms with E-state index in [1.54, 1.807) is 0 Å².